The van der Waals surface area contributed by atoms with Crippen molar-refractivity contribution in [2.75, 3.05) is 18.4 Å². The number of aromatic nitrogens is 2. The molecule has 1 aromatic carbocycles. The van der Waals surface area contributed by atoms with Gasteiger partial charge in [0.2, 0.25) is 17.6 Å². The van der Waals surface area contributed by atoms with Crippen molar-refractivity contribution in [2.45, 2.75) is 56.1 Å². The van der Waals surface area contributed by atoms with Crippen LogP contribution >= 0.6 is 11.3 Å². The number of hydrogen-bond donors (Lipinski definition) is 1. The number of carbonyl (C=O) groups excluding carboxylic acids is 1. The lowest BCUT2D eigenvalue weighted by Gasteiger charge is -2.30. The second-order valence-corrected chi connectivity index (χ2v) is 12.4. The van der Waals surface area contributed by atoms with E-state index in [0.29, 0.717) is 49.1 Å². The molecular weight excluding hydrogens is 472 g/mol. The van der Waals surface area contributed by atoms with Crippen LogP contribution in [0, 0.1) is 19.8 Å². The lowest BCUT2D eigenvalue weighted by atomic mass is 9.85. The number of piperidine rings is 1. The first kappa shape index (κ1) is 23.2. The highest BCUT2D eigenvalue weighted by atomic mass is 32.2. The Hall–Kier alpha value is -2.56. The molecule has 8 nitrogen and oxygen atoms in total. The highest BCUT2D eigenvalue weighted by molar-refractivity contribution is 7.91. The minimum Gasteiger partial charge on any atom is -0.339 e. The van der Waals surface area contributed by atoms with E-state index >= 15 is 0 Å². The van der Waals surface area contributed by atoms with Crippen molar-refractivity contribution in [1.29, 1.82) is 0 Å². The van der Waals surface area contributed by atoms with Gasteiger partial charge in [-0.1, -0.05) is 17.6 Å². The van der Waals surface area contributed by atoms with E-state index in [4.69, 9.17) is 4.52 Å². The van der Waals surface area contributed by atoms with Gasteiger partial charge in [0.15, 0.2) is 0 Å². The van der Waals surface area contributed by atoms with Crippen LogP contribution in [0.3, 0.4) is 0 Å². The molecule has 3 aromatic rings. The number of nitrogens with zero attached hydrogens (tertiary/aromatic N) is 3. The van der Waals surface area contributed by atoms with Gasteiger partial charge in [-0.15, -0.1) is 11.3 Å². The summed E-state index contributed by atoms with van der Waals surface area (Å²) in [6, 6.07) is 7.56. The zero-order chi connectivity index (χ0) is 23.9. The van der Waals surface area contributed by atoms with Crippen LogP contribution in [0.5, 0.6) is 0 Å². The number of aryl methyl sites for hydroxylation is 2. The van der Waals surface area contributed by atoms with E-state index in [1.54, 1.807) is 11.4 Å². The Morgan fingerprint density at radius 1 is 1.09 bits per heavy atom. The lowest BCUT2D eigenvalue weighted by Crippen LogP contribution is -2.41. The maximum absolute atomic E-state index is 13.2. The first-order valence-corrected chi connectivity index (χ1v) is 13.9. The average molecular weight is 501 g/mol. The van der Waals surface area contributed by atoms with E-state index in [9.17, 15) is 13.2 Å². The number of carbonyl (C=O) groups is 1. The van der Waals surface area contributed by atoms with Gasteiger partial charge in [-0.25, -0.2) is 8.42 Å². The van der Waals surface area contributed by atoms with Gasteiger partial charge in [-0.3, -0.25) is 4.79 Å². The van der Waals surface area contributed by atoms with Crippen molar-refractivity contribution >= 4 is 33.0 Å². The Labute approximate surface area is 203 Å². The summed E-state index contributed by atoms with van der Waals surface area (Å²) in [6.45, 7) is 4.62. The van der Waals surface area contributed by atoms with Crippen LogP contribution in [0.4, 0.5) is 5.69 Å². The standard InChI is InChI=1S/C24H28N4O4S2/c1-15-10-16(2)12-20(11-15)25-23(29)17-6-8-28(9-7-17)34(30,31)21-13-19(14-33-21)22-26-24(32-27-22)18-4-3-5-18/h10-14,17-18H,3-9H2,1-2H3,(H,25,29). The topological polar surface area (TPSA) is 105 Å². The van der Waals surface area contributed by atoms with Gasteiger partial charge in [-0.2, -0.15) is 9.29 Å². The monoisotopic (exact) mass is 500 g/mol. The summed E-state index contributed by atoms with van der Waals surface area (Å²) in [7, 11) is -3.64. The minimum atomic E-state index is -3.64. The molecule has 0 spiro atoms. The third-order valence-electron chi connectivity index (χ3n) is 6.64. The van der Waals surface area contributed by atoms with Crippen molar-refractivity contribution in [3.63, 3.8) is 0 Å². The van der Waals surface area contributed by atoms with Crippen LogP contribution < -0.4 is 5.32 Å². The van der Waals surface area contributed by atoms with Gasteiger partial charge in [0, 0.05) is 41.6 Å². The van der Waals surface area contributed by atoms with Gasteiger partial charge >= 0.3 is 0 Å². The molecule has 1 saturated carbocycles. The van der Waals surface area contributed by atoms with E-state index in [2.05, 4.69) is 21.5 Å². The summed E-state index contributed by atoms with van der Waals surface area (Å²) in [5.74, 6) is 1.13. The molecule has 3 heterocycles. The zero-order valence-corrected chi connectivity index (χ0v) is 20.9. The van der Waals surface area contributed by atoms with Crippen molar-refractivity contribution in [1.82, 2.24) is 14.4 Å². The van der Waals surface area contributed by atoms with Gasteiger partial charge in [-0.05, 0) is 68.9 Å². The number of hydrogen-bond acceptors (Lipinski definition) is 7. The summed E-state index contributed by atoms with van der Waals surface area (Å²) in [5, 5.41) is 8.79. The van der Waals surface area contributed by atoms with Gasteiger partial charge in [0.05, 0.1) is 0 Å². The van der Waals surface area contributed by atoms with Crippen molar-refractivity contribution < 1.29 is 17.7 Å². The SMILES string of the molecule is Cc1cc(C)cc(NC(=O)C2CCN(S(=O)(=O)c3cc(-c4noc(C5CCC5)n4)cs3)CC2)c1. The normalized spacial score (nSPS) is 18.1. The third-order valence-corrected chi connectivity index (χ3v) is 9.95. The van der Waals surface area contributed by atoms with Crippen LogP contribution in [-0.4, -0.2) is 41.9 Å². The fourth-order valence-electron chi connectivity index (χ4n) is 4.52. The number of nitrogens with one attached hydrogen (secondary N) is 1. The van der Waals surface area contributed by atoms with E-state index < -0.39 is 10.0 Å². The van der Waals surface area contributed by atoms with Crippen LogP contribution in [0.15, 0.2) is 38.4 Å². The van der Waals surface area contributed by atoms with Crippen LogP contribution in [0.1, 0.15) is 55.0 Å². The highest BCUT2D eigenvalue weighted by Gasteiger charge is 2.33. The molecule has 2 aliphatic rings. The Morgan fingerprint density at radius 2 is 1.79 bits per heavy atom. The quantitative estimate of drug-likeness (QED) is 0.525. The molecule has 0 unspecified atom stereocenters. The minimum absolute atomic E-state index is 0.0557. The maximum Gasteiger partial charge on any atom is 0.252 e. The van der Waals surface area contributed by atoms with E-state index in [1.165, 1.54) is 10.7 Å². The van der Waals surface area contributed by atoms with E-state index in [0.717, 1.165) is 41.0 Å². The summed E-state index contributed by atoms with van der Waals surface area (Å²) in [4.78, 5) is 17.2. The molecule has 0 bridgehead atoms. The molecule has 34 heavy (non-hydrogen) atoms. The molecule has 2 fully saturated rings. The molecule has 0 atom stereocenters. The highest BCUT2D eigenvalue weighted by Crippen LogP contribution is 2.37. The fourth-order valence-corrected chi connectivity index (χ4v) is 7.30. The van der Waals surface area contributed by atoms with Crippen molar-refractivity contribution in [2.24, 2.45) is 5.92 Å². The van der Waals surface area contributed by atoms with E-state index in [1.807, 2.05) is 26.0 Å². The fraction of sp³-hybridized carbons (Fsp3) is 0.458. The van der Waals surface area contributed by atoms with Crippen LogP contribution in [-0.2, 0) is 14.8 Å². The molecule has 180 valence electrons. The number of benzene rings is 1. The molecule has 1 N–H and O–H groups in total. The average Bonchev–Trinajstić information content (AvgIpc) is 3.42. The van der Waals surface area contributed by atoms with Crippen molar-refractivity contribution in [3.8, 4) is 11.4 Å². The summed E-state index contributed by atoms with van der Waals surface area (Å²) in [5.41, 5.74) is 3.62. The number of anilines is 1. The predicted octanol–water partition coefficient (Wildman–Crippen LogP) is 4.72. The first-order chi connectivity index (χ1) is 16.3. The lowest BCUT2D eigenvalue weighted by molar-refractivity contribution is -0.120. The molecular formula is C24H28N4O4S2. The zero-order valence-electron chi connectivity index (χ0n) is 19.3. The molecule has 2 aromatic heterocycles. The van der Waals surface area contributed by atoms with Crippen LogP contribution in [0.25, 0.3) is 11.4 Å². The second kappa shape index (κ2) is 9.24. The van der Waals surface area contributed by atoms with Gasteiger partial charge in [0.1, 0.15) is 4.21 Å². The summed E-state index contributed by atoms with van der Waals surface area (Å²) < 4.78 is 33.5. The Balaban J connectivity index is 1.21. The molecule has 5 rings (SSSR count). The van der Waals surface area contributed by atoms with E-state index in [-0.39, 0.29) is 16.0 Å². The first-order valence-electron chi connectivity index (χ1n) is 11.6. The summed E-state index contributed by atoms with van der Waals surface area (Å²) >= 11 is 1.16. The largest absolute Gasteiger partial charge is 0.339 e. The van der Waals surface area contributed by atoms with Gasteiger partial charge < -0.3 is 9.84 Å². The predicted molar refractivity (Wildman–Crippen MR) is 130 cm³/mol. The Kier molecular flexibility index (Phi) is 6.30. The smallest absolute Gasteiger partial charge is 0.252 e. The third kappa shape index (κ3) is 4.67. The Bertz CT molecular complexity index is 1280. The number of thiophene rings is 1. The molecule has 0 radical (unpaired) electrons. The van der Waals surface area contributed by atoms with Gasteiger partial charge in [0.25, 0.3) is 10.0 Å². The molecule has 1 saturated heterocycles. The molecule has 1 aliphatic heterocycles. The summed E-state index contributed by atoms with van der Waals surface area (Å²) in [6.07, 6.45) is 4.27. The van der Waals surface area contributed by atoms with Crippen LogP contribution in [0.2, 0.25) is 0 Å². The van der Waals surface area contributed by atoms with Crippen molar-refractivity contribution in [3.05, 3.63) is 46.7 Å². The number of amides is 1. The molecule has 10 heteroatoms. The number of sulfonamides is 1. The second-order valence-electron chi connectivity index (χ2n) is 9.28. The molecule has 1 amide bonds. The Morgan fingerprint density at radius 3 is 2.44 bits per heavy atom. The maximum atomic E-state index is 13.2. The number of rotatable bonds is 6. The molecule has 1 aliphatic carbocycles.